The number of rotatable bonds is 6. The molecule has 18 heavy (non-hydrogen) atoms. The van der Waals surface area contributed by atoms with Crippen molar-refractivity contribution in [1.29, 1.82) is 0 Å². The van der Waals surface area contributed by atoms with Gasteiger partial charge in [-0.1, -0.05) is 19.9 Å². The first-order valence-electron chi connectivity index (χ1n) is 6.33. The first kappa shape index (κ1) is 15.1. The minimum Gasteiger partial charge on any atom is -0.389 e. The summed E-state index contributed by atoms with van der Waals surface area (Å²) in [7, 11) is 0. The van der Waals surface area contributed by atoms with Crippen LogP contribution in [0.4, 0.5) is 8.78 Å². The van der Waals surface area contributed by atoms with Crippen molar-refractivity contribution in [1.82, 2.24) is 5.32 Å². The Kier molecular flexibility index (Phi) is 5.23. The zero-order valence-corrected chi connectivity index (χ0v) is 11.1. The van der Waals surface area contributed by atoms with Gasteiger partial charge in [0.2, 0.25) is 0 Å². The van der Waals surface area contributed by atoms with E-state index in [0.29, 0.717) is 19.4 Å². The molecular formula is C14H21F2NO. The molecule has 2 N–H and O–H groups in total. The fraction of sp³-hybridized carbons (Fsp3) is 0.571. The average molecular weight is 257 g/mol. The lowest BCUT2D eigenvalue weighted by molar-refractivity contribution is 0.0301. The van der Waals surface area contributed by atoms with Crippen LogP contribution in [0.2, 0.25) is 0 Å². The van der Waals surface area contributed by atoms with Crippen molar-refractivity contribution in [2.24, 2.45) is 0 Å². The van der Waals surface area contributed by atoms with Gasteiger partial charge in [-0.2, -0.15) is 0 Å². The molecule has 4 heteroatoms. The maximum Gasteiger partial charge on any atom is 0.130 e. The number of aliphatic hydroxyl groups is 1. The molecule has 0 aliphatic carbocycles. The van der Waals surface area contributed by atoms with E-state index in [0.717, 1.165) is 0 Å². The van der Waals surface area contributed by atoms with Gasteiger partial charge < -0.3 is 10.4 Å². The van der Waals surface area contributed by atoms with Gasteiger partial charge >= 0.3 is 0 Å². The normalized spacial score (nSPS) is 13.7. The van der Waals surface area contributed by atoms with Crippen LogP contribution in [-0.2, 0) is 0 Å². The summed E-state index contributed by atoms with van der Waals surface area (Å²) in [4.78, 5) is 0. The Morgan fingerprint density at radius 1 is 1.22 bits per heavy atom. The molecular weight excluding hydrogens is 236 g/mol. The Morgan fingerprint density at radius 3 is 2.17 bits per heavy atom. The van der Waals surface area contributed by atoms with E-state index in [1.165, 1.54) is 18.2 Å². The van der Waals surface area contributed by atoms with Crippen LogP contribution in [0.3, 0.4) is 0 Å². The van der Waals surface area contributed by atoms with Crippen LogP contribution in [0.5, 0.6) is 0 Å². The standard InChI is InChI=1S/C14H21F2NO/c1-4-14(18,5-2)9-17-10(3)13-11(15)7-6-8-12(13)16/h6-8,10,17-18H,4-5,9H2,1-3H3. The van der Waals surface area contributed by atoms with Gasteiger partial charge in [0.1, 0.15) is 11.6 Å². The van der Waals surface area contributed by atoms with Crippen LogP contribution >= 0.6 is 0 Å². The van der Waals surface area contributed by atoms with Gasteiger partial charge in [-0.3, -0.25) is 0 Å². The molecule has 1 unspecified atom stereocenters. The molecule has 0 fully saturated rings. The summed E-state index contributed by atoms with van der Waals surface area (Å²) < 4.78 is 27.1. The molecule has 0 bridgehead atoms. The summed E-state index contributed by atoms with van der Waals surface area (Å²) in [6.07, 6.45) is 1.20. The highest BCUT2D eigenvalue weighted by molar-refractivity contribution is 5.22. The van der Waals surface area contributed by atoms with Crippen LogP contribution in [0, 0.1) is 11.6 Å². The molecule has 1 atom stereocenters. The van der Waals surface area contributed by atoms with Gasteiger partial charge in [0.25, 0.3) is 0 Å². The predicted octanol–water partition coefficient (Wildman–Crippen LogP) is 3.17. The zero-order valence-electron chi connectivity index (χ0n) is 11.1. The lowest BCUT2D eigenvalue weighted by atomic mass is 9.96. The second kappa shape index (κ2) is 6.25. The van der Waals surface area contributed by atoms with Gasteiger partial charge in [-0.25, -0.2) is 8.78 Å². The van der Waals surface area contributed by atoms with E-state index in [2.05, 4.69) is 5.32 Å². The number of halogens is 2. The Labute approximate surface area is 107 Å². The summed E-state index contributed by atoms with van der Waals surface area (Å²) in [5.74, 6) is -1.13. The highest BCUT2D eigenvalue weighted by Gasteiger charge is 2.24. The summed E-state index contributed by atoms with van der Waals surface area (Å²) in [6.45, 7) is 5.78. The third kappa shape index (κ3) is 3.50. The third-order valence-corrected chi connectivity index (χ3v) is 3.49. The summed E-state index contributed by atoms with van der Waals surface area (Å²) in [5, 5.41) is 13.1. The van der Waals surface area contributed by atoms with Crippen LogP contribution in [0.1, 0.15) is 45.2 Å². The first-order valence-corrected chi connectivity index (χ1v) is 6.33. The molecule has 0 saturated heterocycles. The molecule has 0 aromatic heterocycles. The quantitative estimate of drug-likeness (QED) is 0.820. The molecule has 0 saturated carbocycles. The highest BCUT2D eigenvalue weighted by atomic mass is 19.1. The van der Waals surface area contributed by atoms with Gasteiger partial charge in [-0.15, -0.1) is 0 Å². The molecule has 1 aromatic carbocycles. The van der Waals surface area contributed by atoms with Crippen molar-refractivity contribution >= 4 is 0 Å². The van der Waals surface area contributed by atoms with Gasteiger partial charge in [0.15, 0.2) is 0 Å². The summed E-state index contributed by atoms with van der Waals surface area (Å²) in [6, 6.07) is 3.34. The summed E-state index contributed by atoms with van der Waals surface area (Å²) in [5.41, 5.74) is -0.803. The van der Waals surface area contributed by atoms with Crippen molar-refractivity contribution in [3.63, 3.8) is 0 Å². The molecule has 1 aromatic rings. The Balaban J connectivity index is 2.74. The van der Waals surface area contributed by atoms with Crippen molar-refractivity contribution in [3.05, 3.63) is 35.4 Å². The van der Waals surface area contributed by atoms with E-state index >= 15 is 0 Å². The van der Waals surface area contributed by atoms with Crippen molar-refractivity contribution < 1.29 is 13.9 Å². The van der Waals surface area contributed by atoms with E-state index in [1.54, 1.807) is 6.92 Å². The van der Waals surface area contributed by atoms with E-state index in [1.807, 2.05) is 13.8 Å². The predicted molar refractivity (Wildman–Crippen MR) is 68.3 cm³/mol. The first-order chi connectivity index (χ1) is 8.43. The minimum absolute atomic E-state index is 0.0204. The van der Waals surface area contributed by atoms with Gasteiger partial charge in [0.05, 0.1) is 5.60 Å². The molecule has 0 amide bonds. The van der Waals surface area contributed by atoms with E-state index in [-0.39, 0.29) is 5.56 Å². The highest BCUT2D eigenvalue weighted by Crippen LogP contribution is 2.21. The fourth-order valence-electron chi connectivity index (χ4n) is 1.87. The van der Waals surface area contributed by atoms with E-state index in [9.17, 15) is 13.9 Å². The maximum atomic E-state index is 13.5. The second-order valence-corrected chi connectivity index (χ2v) is 4.67. The van der Waals surface area contributed by atoms with Crippen LogP contribution < -0.4 is 5.32 Å². The Bertz CT molecular complexity index is 371. The molecule has 0 radical (unpaired) electrons. The van der Waals surface area contributed by atoms with Crippen molar-refractivity contribution in [3.8, 4) is 0 Å². The molecule has 0 spiro atoms. The largest absolute Gasteiger partial charge is 0.389 e. The van der Waals surface area contributed by atoms with E-state index in [4.69, 9.17) is 0 Å². The Morgan fingerprint density at radius 2 is 1.72 bits per heavy atom. The molecule has 2 nitrogen and oxygen atoms in total. The molecule has 0 heterocycles. The number of hydrogen-bond acceptors (Lipinski definition) is 2. The minimum atomic E-state index is -0.823. The van der Waals surface area contributed by atoms with E-state index < -0.39 is 23.3 Å². The van der Waals surface area contributed by atoms with Crippen molar-refractivity contribution in [2.45, 2.75) is 45.3 Å². The van der Waals surface area contributed by atoms with Crippen LogP contribution in [0.25, 0.3) is 0 Å². The van der Waals surface area contributed by atoms with Crippen LogP contribution in [-0.4, -0.2) is 17.3 Å². The lowest BCUT2D eigenvalue weighted by Gasteiger charge is -2.28. The molecule has 1 rings (SSSR count). The maximum absolute atomic E-state index is 13.5. The molecule has 0 aliphatic rings. The monoisotopic (exact) mass is 257 g/mol. The van der Waals surface area contributed by atoms with Crippen LogP contribution in [0.15, 0.2) is 18.2 Å². The topological polar surface area (TPSA) is 32.3 Å². The molecule has 102 valence electrons. The van der Waals surface area contributed by atoms with Crippen molar-refractivity contribution in [2.75, 3.05) is 6.54 Å². The third-order valence-electron chi connectivity index (χ3n) is 3.49. The Hall–Kier alpha value is -1.00. The lowest BCUT2D eigenvalue weighted by Crippen LogP contribution is -2.40. The second-order valence-electron chi connectivity index (χ2n) is 4.67. The summed E-state index contributed by atoms with van der Waals surface area (Å²) >= 11 is 0. The zero-order chi connectivity index (χ0) is 13.8. The average Bonchev–Trinajstić information content (AvgIpc) is 2.36. The smallest absolute Gasteiger partial charge is 0.130 e. The number of benzene rings is 1. The number of nitrogens with one attached hydrogen (secondary N) is 1. The van der Waals surface area contributed by atoms with Gasteiger partial charge in [0, 0.05) is 18.2 Å². The SMILES string of the molecule is CCC(O)(CC)CNC(C)c1c(F)cccc1F. The fourth-order valence-corrected chi connectivity index (χ4v) is 1.87. The molecule has 0 aliphatic heterocycles. The number of hydrogen-bond donors (Lipinski definition) is 2. The van der Waals surface area contributed by atoms with Gasteiger partial charge in [-0.05, 0) is 31.9 Å².